The molecular weight excluding hydrogens is 254 g/mol. The molecule has 0 aromatic carbocycles. The van der Waals surface area contributed by atoms with E-state index in [-0.39, 0.29) is 11.9 Å². The number of fused-ring (bicyclic) bond motifs is 1. The van der Waals surface area contributed by atoms with Crippen molar-refractivity contribution >= 4 is 28.5 Å². The summed E-state index contributed by atoms with van der Waals surface area (Å²) in [6.45, 7) is 1.03. The van der Waals surface area contributed by atoms with Crippen LogP contribution in [0.2, 0.25) is 5.28 Å². The number of hydrogen-bond donors (Lipinski definition) is 2. The number of aliphatic hydroxyl groups excluding tert-OH is 1. The van der Waals surface area contributed by atoms with E-state index in [1.165, 1.54) is 0 Å². The van der Waals surface area contributed by atoms with Gasteiger partial charge in [0.25, 0.3) is 0 Å². The van der Waals surface area contributed by atoms with Crippen LogP contribution in [0.3, 0.4) is 0 Å². The van der Waals surface area contributed by atoms with Gasteiger partial charge in [0, 0.05) is 20.2 Å². The van der Waals surface area contributed by atoms with Crippen LogP contribution in [-0.2, 0) is 7.05 Å². The summed E-state index contributed by atoms with van der Waals surface area (Å²) in [4.78, 5) is 8.31. The van der Waals surface area contributed by atoms with E-state index in [4.69, 9.17) is 16.7 Å². The van der Waals surface area contributed by atoms with Crippen LogP contribution < -0.4 is 5.32 Å². The molecule has 0 fully saturated rings. The Balaban J connectivity index is 2.08. The van der Waals surface area contributed by atoms with Gasteiger partial charge in [0.1, 0.15) is 5.82 Å². The molecule has 6 nitrogen and oxygen atoms in total. The van der Waals surface area contributed by atoms with Crippen molar-refractivity contribution in [2.45, 2.75) is 19.3 Å². The molecule has 2 aromatic rings. The summed E-state index contributed by atoms with van der Waals surface area (Å²) in [6, 6.07) is 0. The second-order valence-electron chi connectivity index (χ2n) is 4.06. The molecule has 2 heterocycles. The highest BCUT2D eigenvalue weighted by Gasteiger charge is 2.09. The van der Waals surface area contributed by atoms with Crippen LogP contribution in [-0.4, -0.2) is 38.0 Å². The van der Waals surface area contributed by atoms with Gasteiger partial charge in [0.15, 0.2) is 5.65 Å². The van der Waals surface area contributed by atoms with Gasteiger partial charge in [-0.05, 0) is 30.9 Å². The Morgan fingerprint density at radius 2 is 2.17 bits per heavy atom. The Hall–Kier alpha value is -1.40. The van der Waals surface area contributed by atoms with Crippen molar-refractivity contribution in [1.82, 2.24) is 19.7 Å². The molecule has 0 aliphatic heterocycles. The van der Waals surface area contributed by atoms with Gasteiger partial charge in [0.2, 0.25) is 5.28 Å². The van der Waals surface area contributed by atoms with E-state index in [2.05, 4.69) is 20.4 Å². The van der Waals surface area contributed by atoms with E-state index >= 15 is 0 Å². The number of hydrogen-bond acceptors (Lipinski definition) is 5. The zero-order valence-electron chi connectivity index (χ0n) is 10.2. The lowest BCUT2D eigenvalue weighted by Gasteiger charge is -2.06. The van der Waals surface area contributed by atoms with Gasteiger partial charge in [-0.2, -0.15) is 15.1 Å². The molecule has 2 N–H and O–H groups in total. The first-order chi connectivity index (χ1) is 8.72. The lowest BCUT2D eigenvalue weighted by Crippen LogP contribution is -2.05. The summed E-state index contributed by atoms with van der Waals surface area (Å²) >= 11 is 5.88. The number of anilines is 1. The van der Waals surface area contributed by atoms with Crippen LogP contribution in [0.5, 0.6) is 0 Å². The molecule has 98 valence electrons. The van der Waals surface area contributed by atoms with Crippen LogP contribution in [0.4, 0.5) is 5.82 Å². The number of rotatable bonds is 6. The first-order valence-corrected chi connectivity index (χ1v) is 6.30. The fourth-order valence-electron chi connectivity index (χ4n) is 1.75. The Kier molecular flexibility index (Phi) is 4.33. The summed E-state index contributed by atoms with van der Waals surface area (Å²) in [5, 5.41) is 17.1. The van der Waals surface area contributed by atoms with Gasteiger partial charge in [-0.1, -0.05) is 0 Å². The molecule has 0 aliphatic carbocycles. The summed E-state index contributed by atoms with van der Waals surface area (Å²) in [6.07, 6.45) is 4.51. The molecule has 0 amide bonds. The van der Waals surface area contributed by atoms with E-state index in [0.29, 0.717) is 11.5 Å². The van der Waals surface area contributed by atoms with Gasteiger partial charge >= 0.3 is 0 Å². The molecule has 7 heteroatoms. The summed E-state index contributed by atoms with van der Waals surface area (Å²) in [7, 11) is 1.82. The van der Waals surface area contributed by atoms with Gasteiger partial charge in [-0.15, -0.1) is 0 Å². The normalized spacial score (nSPS) is 11.1. The third-order valence-corrected chi connectivity index (χ3v) is 2.86. The number of halogens is 1. The fraction of sp³-hybridized carbons (Fsp3) is 0.545. The standard InChI is InChI=1S/C11H16ClN5O/c1-17-10-8(7-14-17)9(15-11(12)16-10)13-5-3-2-4-6-18/h7,18H,2-6H2,1H3,(H,13,15,16). The number of aromatic nitrogens is 4. The SMILES string of the molecule is Cn1ncc2c(NCCCCCO)nc(Cl)nc21. The Labute approximate surface area is 110 Å². The smallest absolute Gasteiger partial charge is 0.226 e. The van der Waals surface area contributed by atoms with Crippen molar-refractivity contribution in [3.8, 4) is 0 Å². The maximum Gasteiger partial charge on any atom is 0.226 e. The number of nitrogens with one attached hydrogen (secondary N) is 1. The summed E-state index contributed by atoms with van der Waals surface area (Å²) in [5.74, 6) is 0.710. The molecule has 0 saturated carbocycles. The number of aliphatic hydroxyl groups is 1. The van der Waals surface area contributed by atoms with Crippen LogP contribution in [0.25, 0.3) is 11.0 Å². The number of unbranched alkanes of at least 4 members (excludes halogenated alkanes) is 2. The van der Waals surface area contributed by atoms with Gasteiger partial charge < -0.3 is 10.4 Å². The van der Waals surface area contributed by atoms with Crippen molar-refractivity contribution in [2.24, 2.45) is 7.05 Å². The highest BCUT2D eigenvalue weighted by molar-refractivity contribution is 6.28. The van der Waals surface area contributed by atoms with Crippen molar-refractivity contribution in [2.75, 3.05) is 18.5 Å². The summed E-state index contributed by atoms with van der Waals surface area (Å²) in [5.41, 5.74) is 0.716. The Morgan fingerprint density at radius 3 is 2.94 bits per heavy atom. The van der Waals surface area contributed by atoms with Crippen molar-refractivity contribution in [3.63, 3.8) is 0 Å². The predicted octanol–water partition coefficient (Wildman–Crippen LogP) is 1.59. The van der Waals surface area contributed by atoms with Crippen molar-refractivity contribution in [3.05, 3.63) is 11.5 Å². The van der Waals surface area contributed by atoms with Gasteiger partial charge in [-0.3, -0.25) is 4.68 Å². The van der Waals surface area contributed by atoms with E-state index in [1.807, 2.05) is 7.05 Å². The third kappa shape index (κ3) is 2.88. The minimum absolute atomic E-state index is 0.212. The lowest BCUT2D eigenvalue weighted by molar-refractivity contribution is 0.283. The largest absolute Gasteiger partial charge is 0.396 e. The first kappa shape index (κ1) is 13.0. The van der Waals surface area contributed by atoms with Gasteiger partial charge in [0.05, 0.1) is 11.6 Å². The molecule has 0 atom stereocenters. The van der Waals surface area contributed by atoms with Crippen molar-refractivity contribution in [1.29, 1.82) is 0 Å². The van der Waals surface area contributed by atoms with Gasteiger partial charge in [-0.25, -0.2) is 0 Å². The predicted molar refractivity (Wildman–Crippen MR) is 70.7 cm³/mol. The lowest BCUT2D eigenvalue weighted by atomic mass is 10.2. The summed E-state index contributed by atoms with van der Waals surface area (Å²) < 4.78 is 1.67. The van der Waals surface area contributed by atoms with E-state index in [1.54, 1.807) is 10.9 Å². The Morgan fingerprint density at radius 1 is 1.33 bits per heavy atom. The van der Waals surface area contributed by atoms with Crippen LogP contribution >= 0.6 is 11.6 Å². The molecule has 0 spiro atoms. The molecule has 2 aromatic heterocycles. The fourth-order valence-corrected chi connectivity index (χ4v) is 1.92. The maximum atomic E-state index is 8.69. The van der Waals surface area contributed by atoms with E-state index in [0.717, 1.165) is 31.2 Å². The minimum Gasteiger partial charge on any atom is -0.396 e. The number of nitrogens with zero attached hydrogens (tertiary/aromatic N) is 4. The molecule has 2 rings (SSSR count). The van der Waals surface area contributed by atoms with Crippen LogP contribution in [0, 0.1) is 0 Å². The quantitative estimate of drug-likeness (QED) is 0.615. The zero-order valence-corrected chi connectivity index (χ0v) is 11.0. The Bertz CT molecular complexity index is 527. The molecule has 0 bridgehead atoms. The number of aryl methyl sites for hydroxylation is 1. The maximum absolute atomic E-state index is 8.69. The molecule has 0 unspecified atom stereocenters. The van der Waals surface area contributed by atoms with Crippen LogP contribution in [0.1, 0.15) is 19.3 Å². The highest BCUT2D eigenvalue weighted by Crippen LogP contribution is 2.21. The average molecular weight is 270 g/mol. The minimum atomic E-state index is 0.212. The second kappa shape index (κ2) is 5.97. The molecule has 0 radical (unpaired) electrons. The first-order valence-electron chi connectivity index (χ1n) is 5.92. The molecule has 18 heavy (non-hydrogen) atoms. The second-order valence-corrected chi connectivity index (χ2v) is 4.40. The van der Waals surface area contributed by atoms with Crippen LogP contribution in [0.15, 0.2) is 6.20 Å². The molecular formula is C11H16ClN5O. The van der Waals surface area contributed by atoms with E-state index < -0.39 is 0 Å². The molecule has 0 aliphatic rings. The zero-order chi connectivity index (χ0) is 13.0. The third-order valence-electron chi connectivity index (χ3n) is 2.69. The molecule has 0 saturated heterocycles. The highest BCUT2D eigenvalue weighted by atomic mass is 35.5. The van der Waals surface area contributed by atoms with Crippen molar-refractivity contribution < 1.29 is 5.11 Å². The monoisotopic (exact) mass is 269 g/mol. The average Bonchev–Trinajstić information content (AvgIpc) is 2.71. The van der Waals surface area contributed by atoms with E-state index in [9.17, 15) is 0 Å². The topological polar surface area (TPSA) is 75.9 Å².